The zero-order chi connectivity index (χ0) is 25.9. The lowest BCUT2D eigenvalue weighted by Gasteiger charge is -2.29. The highest BCUT2D eigenvalue weighted by Crippen LogP contribution is 2.25. The summed E-state index contributed by atoms with van der Waals surface area (Å²) in [6.07, 6.45) is 6.45. The van der Waals surface area contributed by atoms with Crippen molar-refractivity contribution in [3.05, 3.63) is 83.2 Å². The first-order valence-electron chi connectivity index (χ1n) is 12.2. The third-order valence-electron chi connectivity index (χ3n) is 6.59. The number of aliphatic hydroxyl groups excluding tert-OH is 1. The Bertz CT molecular complexity index is 1420. The minimum absolute atomic E-state index is 0.0153. The highest BCUT2D eigenvalue weighted by atomic mass is 19.1. The van der Waals surface area contributed by atoms with Crippen LogP contribution in [0.4, 0.5) is 10.2 Å². The predicted molar refractivity (Wildman–Crippen MR) is 137 cm³/mol. The molecule has 3 N–H and O–H groups in total. The number of nitrogens with one attached hydrogen (secondary N) is 2. The third-order valence-corrected chi connectivity index (χ3v) is 6.59. The lowest BCUT2D eigenvalue weighted by Crippen LogP contribution is -2.36. The van der Waals surface area contributed by atoms with Crippen LogP contribution in [-0.4, -0.2) is 56.1 Å². The molecular weight excluding hydrogens is 475 g/mol. The summed E-state index contributed by atoms with van der Waals surface area (Å²) >= 11 is 0. The van der Waals surface area contributed by atoms with E-state index >= 15 is 0 Å². The molecule has 1 aliphatic rings. The molecule has 1 aromatic carbocycles. The molecule has 1 aliphatic heterocycles. The number of aromatic nitrogens is 4. The zero-order valence-electron chi connectivity index (χ0n) is 20.7. The second-order valence-electron chi connectivity index (χ2n) is 9.36. The second kappa shape index (κ2) is 10.6. The lowest BCUT2D eigenvalue weighted by atomic mass is 9.99. The van der Waals surface area contributed by atoms with Crippen LogP contribution >= 0.6 is 0 Å². The number of aliphatic hydroxyl groups is 1. The summed E-state index contributed by atoms with van der Waals surface area (Å²) in [6, 6.07) is 9.70. The first-order valence-corrected chi connectivity index (χ1v) is 12.2. The molecule has 9 nitrogen and oxygen atoms in total. The fourth-order valence-electron chi connectivity index (χ4n) is 4.51. The Morgan fingerprint density at radius 2 is 2.11 bits per heavy atom. The van der Waals surface area contributed by atoms with Gasteiger partial charge in [0, 0.05) is 49.1 Å². The van der Waals surface area contributed by atoms with Gasteiger partial charge >= 0.3 is 0 Å². The predicted octanol–water partition coefficient (Wildman–Crippen LogP) is 3.28. The number of pyridine rings is 2. The maximum atomic E-state index is 14.4. The quantitative estimate of drug-likeness (QED) is 0.354. The molecule has 3 aromatic heterocycles. The second-order valence-corrected chi connectivity index (χ2v) is 9.36. The molecule has 0 unspecified atom stereocenters. The van der Waals surface area contributed by atoms with E-state index in [-0.39, 0.29) is 30.3 Å². The number of ether oxygens (including phenoxy) is 1. The number of anilines is 1. The molecule has 0 radical (unpaired) electrons. The number of rotatable bonds is 7. The minimum Gasteiger partial charge on any atom is -0.394 e. The molecule has 3 atom stereocenters. The van der Waals surface area contributed by atoms with Gasteiger partial charge in [-0.1, -0.05) is 12.1 Å². The summed E-state index contributed by atoms with van der Waals surface area (Å²) in [6.45, 7) is 2.25. The van der Waals surface area contributed by atoms with Gasteiger partial charge in [-0.05, 0) is 49.1 Å². The van der Waals surface area contributed by atoms with Crippen molar-refractivity contribution in [2.75, 3.05) is 18.5 Å². The number of halogens is 1. The number of hydrogen-bond acceptors (Lipinski definition) is 7. The number of hydrogen-bond donors (Lipinski definition) is 3. The Morgan fingerprint density at radius 1 is 1.24 bits per heavy atom. The van der Waals surface area contributed by atoms with Crippen molar-refractivity contribution in [1.29, 1.82) is 0 Å². The molecule has 0 aliphatic carbocycles. The van der Waals surface area contributed by atoms with Gasteiger partial charge < -0.3 is 20.5 Å². The number of aryl methyl sites for hydroxylation is 2. The highest BCUT2D eigenvalue weighted by Gasteiger charge is 2.23. The van der Waals surface area contributed by atoms with E-state index in [0.717, 1.165) is 17.4 Å². The smallest absolute Gasteiger partial charge is 0.270 e. The van der Waals surface area contributed by atoms with Gasteiger partial charge in [0.05, 0.1) is 30.5 Å². The van der Waals surface area contributed by atoms with E-state index < -0.39 is 11.9 Å². The number of carbonyl (C=O) groups is 1. The van der Waals surface area contributed by atoms with Crippen molar-refractivity contribution in [2.45, 2.75) is 38.0 Å². The summed E-state index contributed by atoms with van der Waals surface area (Å²) in [5.74, 6) is -0.0883. The van der Waals surface area contributed by atoms with Gasteiger partial charge in [-0.2, -0.15) is 5.10 Å². The van der Waals surface area contributed by atoms with Crippen molar-refractivity contribution in [1.82, 2.24) is 25.1 Å². The Morgan fingerprint density at radius 3 is 2.86 bits per heavy atom. The summed E-state index contributed by atoms with van der Waals surface area (Å²) in [5, 5.41) is 20.8. The standard InChI is InChI=1S/C27H29FN6O3/c1-16-3-4-17(9-22(16)28)26(19-13-30-34(2)14-19)33-27(36)23-6-5-18-12-29-25(11-24(18)32-23)31-20-7-8-37-21(10-20)15-35/h3-6,9,11-14,20-21,26,35H,7-8,10,15H2,1-2H3,(H,29,31)(H,33,36)/t20-,21+,26+/m1/s1. The maximum Gasteiger partial charge on any atom is 0.270 e. The van der Waals surface area contributed by atoms with Crippen LogP contribution in [0.15, 0.2) is 55.0 Å². The van der Waals surface area contributed by atoms with Crippen LogP contribution in [-0.2, 0) is 11.8 Å². The van der Waals surface area contributed by atoms with Crippen LogP contribution in [0.3, 0.4) is 0 Å². The number of nitrogens with zero attached hydrogens (tertiary/aromatic N) is 4. The van der Waals surface area contributed by atoms with E-state index in [2.05, 4.69) is 25.7 Å². The zero-order valence-corrected chi connectivity index (χ0v) is 20.7. The first kappa shape index (κ1) is 24.8. The minimum atomic E-state index is -0.601. The van der Waals surface area contributed by atoms with Crippen molar-refractivity contribution < 1.29 is 19.0 Å². The average Bonchev–Trinajstić information content (AvgIpc) is 3.34. The van der Waals surface area contributed by atoms with Gasteiger partial charge in [0.2, 0.25) is 0 Å². The number of fused-ring (bicyclic) bond motifs is 1. The van der Waals surface area contributed by atoms with Crippen LogP contribution in [0, 0.1) is 12.7 Å². The Hall–Kier alpha value is -3.89. The average molecular weight is 505 g/mol. The van der Waals surface area contributed by atoms with Crippen molar-refractivity contribution >= 4 is 22.6 Å². The van der Waals surface area contributed by atoms with Crippen molar-refractivity contribution in [3.8, 4) is 0 Å². The summed E-state index contributed by atoms with van der Waals surface area (Å²) in [5.41, 5.74) is 2.72. The molecule has 10 heteroatoms. The molecule has 1 amide bonds. The molecule has 1 fully saturated rings. The van der Waals surface area contributed by atoms with Crippen LogP contribution in [0.1, 0.15) is 46.1 Å². The largest absolute Gasteiger partial charge is 0.394 e. The summed E-state index contributed by atoms with van der Waals surface area (Å²) in [7, 11) is 1.78. The van der Waals surface area contributed by atoms with Crippen LogP contribution in [0.5, 0.6) is 0 Å². The fraction of sp³-hybridized carbons (Fsp3) is 0.333. The van der Waals surface area contributed by atoms with E-state index in [4.69, 9.17) is 4.74 Å². The van der Waals surface area contributed by atoms with Gasteiger partial charge in [0.1, 0.15) is 17.3 Å². The molecule has 192 valence electrons. The third kappa shape index (κ3) is 5.60. The SMILES string of the molecule is Cc1ccc([C@H](NC(=O)c2ccc3cnc(N[C@@H]4CCO[C@H](CO)C4)cc3n2)c2cnn(C)c2)cc1F. The molecule has 5 rings (SSSR count). The summed E-state index contributed by atoms with van der Waals surface area (Å²) in [4.78, 5) is 22.4. The number of amides is 1. The number of carbonyl (C=O) groups excluding carboxylic acids is 1. The van der Waals surface area contributed by atoms with Crippen LogP contribution < -0.4 is 10.6 Å². The van der Waals surface area contributed by atoms with E-state index in [1.165, 1.54) is 6.07 Å². The molecule has 0 spiro atoms. The van der Waals surface area contributed by atoms with Gasteiger partial charge in [-0.15, -0.1) is 0 Å². The van der Waals surface area contributed by atoms with Gasteiger partial charge in [0.15, 0.2) is 0 Å². The first-order chi connectivity index (χ1) is 17.9. The molecular formula is C27H29FN6O3. The summed E-state index contributed by atoms with van der Waals surface area (Å²) < 4.78 is 21.5. The Balaban J connectivity index is 1.38. The molecule has 0 bridgehead atoms. The van der Waals surface area contributed by atoms with Crippen LogP contribution in [0.25, 0.3) is 10.9 Å². The molecule has 4 heterocycles. The van der Waals surface area contributed by atoms with E-state index in [0.29, 0.717) is 35.5 Å². The van der Waals surface area contributed by atoms with Crippen molar-refractivity contribution in [2.24, 2.45) is 7.05 Å². The normalized spacial score (nSPS) is 18.5. The maximum absolute atomic E-state index is 14.4. The van der Waals surface area contributed by atoms with E-state index in [9.17, 15) is 14.3 Å². The lowest BCUT2D eigenvalue weighted by molar-refractivity contribution is -0.0213. The fourth-order valence-corrected chi connectivity index (χ4v) is 4.51. The van der Waals surface area contributed by atoms with E-state index in [1.54, 1.807) is 61.5 Å². The van der Waals surface area contributed by atoms with Gasteiger partial charge in [-0.3, -0.25) is 9.48 Å². The Labute approximate surface area is 213 Å². The topological polar surface area (TPSA) is 114 Å². The molecule has 0 saturated carbocycles. The Kier molecular flexibility index (Phi) is 7.11. The van der Waals surface area contributed by atoms with Gasteiger partial charge in [0.25, 0.3) is 5.91 Å². The number of benzene rings is 1. The van der Waals surface area contributed by atoms with Gasteiger partial charge in [-0.25, -0.2) is 14.4 Å². The van der Waals surface area contributed by atoms with E-state index in [1.807, 2.05) is 6.07 Å². The molecule has 37 heavy (non-hydrogen) atoms. The van der Waals surface area contributed by atoms with Crippen LogP contribution in [0.2, 0.25) is 0 Å². The molecule has 1 saturated heterocycles. The highest BCUT2D eigenvalue weighted by molar-refractivity contribution is 5.95. The molecule has 4 aromatic rings. The monoisotopic (exact) mass is 504 g/mol. The van der Waals surface area contributed by atoms with Crippen molar-refractivity contribution in [3.63, 3.8) is 0 Å².